The van der Waals surface area contributed by atoms with Crippen LogP contribution in [0.15, 0.2) is 71.3 Å². The minimum absolute atomic E-state index is 0.109. The highest BCUT2D eigenvalue weighted by molar-refractivity contribution is 6.39. The number of carboxylic acids is 1. The van der Waals surface area contributed by atoms with E-state index in [9.17, 15) is 9.90 Å². The summed E-state index contributed by atoms with van der Waals surface area (Å²) in [6, 6.07) is 19.2. The molecule has 2 fully saturated rings. The zero-order valence-electron chi connectivity index (χ0n) is 22.6. The molecule has 2 heterocycles. The maximum Gasteiger partial charge on any atom is 0.357 e. The molecule has 5 aromatic rings. The number of aromatic nitrogens is 3. The number of fused-ring (bicyclic) bond motifs is 1. The standard InChI is InChI=1S/C19H14Cl3NO3.C9H8N2O2.C3H6/c20-11-3-1-4-12(9-11)25-19(24)16-17(23-26-18(16)10-7-8-10)15-13(21)5-2-6-14(15)22;1-11-7-5-3-2-4-6(7)8(10-11)9(12)13;1-2-3-1/h1-6,9-10,19,24H,7-8H2;2-5H,1H3,(H,12,13);1-3H2. The summed E-state index contributed by atoms with van der Waals surface area (Å²) in [5.41, 5.74) is 2.28. The molecule has 2 aliphatic rings. The molecule has 1 atom stereocenters. The van der Waals surface area contributed by atoms with Gasteiger partial charge in [-0.25, -0.2) is 4.79 Å². The third-order valence-electron chi connectivity index (χ3n) is 6.51. The number of aliphatic hydroxyl groups is 1. The lowest BCUT2D eigenvalue weighted by Crippen LogP contribution is -2.09. The smallest absolute Gasteiger partial charge is 0.357 e. The Kier molecular flexibility index (Phi) is 9.38. The number of ether oxygens (including phenoxy) is 1. The van der Waals surface area contributed by atoms with E-state index in [2.05, 4.69) is 10.3 Å². The monoisotopic (exact) mass is 627 g/mol. The fourth-order valence-electron chi connectivity index (χ4n) is 4.19. The van der Waals surface area contributed by atoms with Crippen molar-refractivity contribution in [2.75, 3.05) is 0 Å². The number of aryl methyl sites for hydroxylation is 1. The Hall–Kier alpha value is -3.56. The van der Waals surface area contributed by atoms with Crippen LogP contribution in [0.4, 0.5) is 0 Å². The summed E-state index contributed by atoms with van der Waals surface area (Å²) in [7, 11) is 1.73. The van der Waals surface area contributed by atoms with E-state index in [1.165, 1.54) is 19.3 Å². The zero-order chi connectivity index (χ0) is 29.8. The topological polar surface area (TPSA) is 111 Å². The minimum Gasteiger partial charge on any atom is -0.476 e. The van der Waals surface area contributed by atoms with Crippen LogP contribution < -0.4 is 4.74 Å². The molecule has 7 rings (SSSR count). The number of carboxylic acid groups (broad SMARTS) is 1. The lowest BCUT2D eigenvalue weighted by atomic mass is 10.0. The van der Waals surface area contributed by atoms with Gasteiger partial charge in [-0.3, -0.25) is 4.68 Å². The van der Waals surface area contributed by atoms with E-state index in [0.29, 0.717) is 48.8 Å². The molecular formula is C31H28Cl3N3O5. The van der Waals surface area contributed by atoms with E-state index >= 15 is 0 Å². The van der Waals surface area contributed by atoms with Gasteiger partial charge in [0.25, 0.3) is 0 Å². The van der Waals surface area contributed by atoms with E-state index in [1.54, 1.807) is 66.3 Å². The van der Waals surface area contributed by atoms with Crippen LogP contribution in [0, 0.1) is 0 Å². The summed E-state index contributed by atoms with van der Waals surface area (Å²) < 4.78 is 12.8. The van der Waals surface area contributed by atoms with Crippen molar-refractivity contribution in [3.05, 3.63) is 98.8 Å². The predicted octanol–water partition coefficient (Wildman–Crippen LogP) is 8.69. The first-order chi connectivity index (χ1) is 20.2. The summed E-state index contributed by atoms with van der Waals surface area (Å²) >= 11 is 18.6. The van der Waals surface area contributed by atoms with Crippen molar-refractivity contribution in [1.29, 1.82) is 0 Å². The Bertz CT molecular complexity index is 1690. The number of aromatic carboxylic acids is 1. The lowest BCUT2D eigenvalue weighted by Gasteiger charge is -2.15. The van der Waals surface area contributed by atoms with Crippen LogP contribution in [-0.4, -0.2) is 31.1 Å². The summed E-state index contributed by atoms with van der Waals surface area (Å²) in [6.07, 6.45) is 5.15. The largest absolute Gasteiger partial charge is 0.476 e. The number of halogens is 3. The fraction of sp³-hybridized carbons (Fsp3) is 0.258. The lowest BCUT2D eigenvalue weighted by molar-refractivity contribution is -0.0203. The quantitative estimate of drug-likeness (QED) is 0.181. The first-order valence-electron chi connectivity index (χ1n) is 13.4. The molecule has 2 aromatic heterocycles. The van der Waals surface area contributed by atoms with Crippen LogP contribution in [0.1, 0.15) is 66.1 Å². The SMILES string of the molecule is C1CC1.Cn1nc(C(=O)O)c2ccccc21.OC(Oc1cccc(Cl)c1)c1c(-c2c(Cl)cccc2Cl)noc1C1CC1. The molecule has 8 nitrogen and oxygen atoms in total. The van der Waals surface area contributed by atoms with Gasteiger partial charge in [-0.1, -0.05) is 89.6 Å². The molecule has 0 saturated heterocycles. The predicted molar refractivity (Wildman–Crippen MR) is 162 cm³/mol. The van der Waals surface area contributed by atoms with E-state index in [1.807, 2.05) is 12.1 Å². The summed E-state index contributed by atoms with van der Waals surface area (Å²) in [4.78, 5) is 10.8. The Morgan fingerprint density at radius 2 is 1.67 bits per heavy atom. The van der Waals surface area contributed by atoms with Crippen LogP contribution in [0.25, 0.3) is 22.2 Å². The number of nitrogens with zero attached hydrogens (tertiary/aromatic N) is 3. The van der Waals surface area contributed by atoms with Gasteiger partial charge in [0.15, 0.2) is 5.69 Å². The second-order valence-corrected chi connectivity index (χ2v) is 11.2. The van der Waals surface area contributed by atoms with Gasteiger partial charge in [0.1, 0.15) is 17.2 Å². The van der Waals surface area contributed by atoms with Gasteiger partial charge in [0, 0.05) is 28.9 Å². The third-order valence-corrected chi connectivity index (χ3v) is 7.37. The second-order valence-electron chi connectivity index (χ2n) is 9.96. The van der Waals surface area contributed by atoms with Crippen molar-refractivity contribution in [3.8, 4) is 17.0 Å². The maximum absolute atomic E-state index is 10.8. The van der Waals surface area contributed by atoms with E-state index in [4.69, 9.17) is 49.2 Å². The third kappa shape index (κ3) is 7.07. The van der Waals surface area contributed by atoms with Crippen LogP contribution in [0.3, 0.4) is 0 Å². The first kappa shape index (κ1) is 29.9. The van der Waals surface area contributed by atoms with Gasteiger partial charge in [0.2, 0.25) is 6.29 Å². The van der Waals surface area contributed by atoms with Crippen LogP contribution >= 0.6 is 34.8 Å². The highest BCUT2D eigenvalue weighted by Crippen LogP contribution is 2.48. The number of para-hydroxylation sites is 1. The van der Waals surface area contributed by atoms with Crippen molar-refractivity contribution >= 4 is 51.7 Å². The van der Waals surface area contributed by atoms with Crippen molar-refractivity contribution in [2.24, 2.45) is 7.05 Å². The molecule has 0 bridgehead atoms. The average molecular weight is 629 g/mol. The molecule has 0 spiro atoms. The van der Waals surface area contributed by atoms with Crippen molar-refractivity contribution < 1.29 is 24.3 Å². The summed E-state index contributed by atoms with van der Waals surface area (Å²) in [6.45, 7) is 0. The number of benzene rings is 3. The van der Waals surface area contributed by atoms with E-state index in [-0.39, 0.29) is 11.6 Å². The van der Waals surface area contributed by atoms with Gasteiger partial charge in [-0.05, 0) is 49.2 Å². The molecule has 11 heteroatoms. The maximum atomic E-state index is 10.8. The highest BCUT2D eigenvalue weighted by Gasteiger charge is 2.37. The number of hydrogen-bond donors (Lipinski definition) is 2. The normalized spacial score (nSPS) is 14.3. The summed E-state index contributed by atoms with van der Waals surface area (Å²) in [5, 5.41) is 29.7. The highest BCUT2D eigenvalue weighted by atomic mass is 35.5. The van der Waals surface area contributed by atoms with Crippen molar-refractivity contribution in [1.82, 2.24) is 14.9 Å². The van der Waals surface area contributed by atoms with Crippen LogP contribution in [0.5, 0.6) is 5.75 Å². The van der Waals surface area contributed by atoms with E-state index in [0.717, 1.165) is 18.4 Å². The van der Waals surface area contributed by atoms with Crippen molar-refractivity contribution in [2.45, 2.75) is 44.3 Å². The molecule has 1 unspecified atom stereocenters. The number of hydrogen-bond acceptors (Lipinski definition) is 6. The molecule has 218 valence electrons. The Balaban J connectivity index is 0.000000182. The zero-order valence-corrected chi connectivity index (χ0v) is 24.9. The number of rotatable bonds is 6. The minimum atomic E-state index is -1.29. The average Bonchev–Trinajstić information content (AvgIpc) is 3.91. The Morgan fingerprint density at radius 1 is 1.00 bits per heavy atom. The number of carbonyl (C=O) groups is 1. The van der Waals surface area contributed by atoms with Crippen molar-refractivity contribution in [3.63, 3.8) is 0 Å². The molecule has 0 aliphatic heterocycles. The molecule has 3 aromatic carbocycles. The van der Waals surface area contributed by atoms with E-state index < -0.39 is 12.3 Å². The van der Waals surface area contributed by atoms with Gasteiger partial charge in [0.05, 0.1) is 21.1 Å². The molecule has 2 N–H and O–H groups in total. The summed E-state index contributed by atoms with van der Waals surface area (Å²) in [5.74, 6) is 0.261. The number of aliphatic hydroxyl groups excluding tert-OH is 1. The molecule has 42 heavy (non-hydrogen) atoms. The van der Waals surface area contributed by atoms with Gasteiger partial charge in [-0.2, -0.15) is 5.10 Å². The molecule has 2 aliphatic carbocycles. The molecule has 0 amide bonds. The molecular weight excluding hydrogens is 601 g/mol. The fourth-order valence-corrected chi connectivity index (χ4v) is 4.95. The van der Waals surface area contributed by atoms with Gasteiger partial charge >= 0.3 is 5.97 Å². The van der Waals surface area contributed by atoms with Crippen LogP contribution in [0.2, 0.25) is 15.1 Å². The Morgan fingerprint density at radius 3 is 2.29 bits per heavy atom. The van der Waals surface area contributed by atoms with Gasteiger partial charge < -0.3 is 19.5 Å². The molecule has 2 saturated carbocycles. The van der Waals surface area contributed by atoms with Gasteiger partial charge in [-0.15, -0.1) is 0 Å². The van der Waals surface area contributed by atoms with Crippen LogP contribution in [-0.2, 0) is 7.05 Å². The molecule has 0 radical (unpaired) electrons. The second kappa shape index (κ2) is 13.2. The Labute approximate surface area is 257 Å². The first-order valence-corrected chi connectivity index (χ1v) is 14.6.